The van der Waals surface area contributed by atoms with Crippen LogP contribution < -0.4 is 4.90 Å². The number of rotatable bonds is 2. The van der Waals surface area contributed by atoms with Gasteiger partial charge in [-0.1, -0.05) is 0 Å². The number of hydrogen-bond acceptors (Lipinski definition) is 5. The minimum absolute atomic E-state index is 0.122. The normalized spacial score (nSPS) is 30.5. The van der Waals surface area contributed by atoms with Crippen molar-refractivity contribution in [2.45, 2.75) is 43.9 Å². The summed E-state index contributed by atoms with van der Waals surface area (Å²) in [6.45, 7) is 0. The van der Waals surface area contributed by atoms with E-state index >= 15 is 0 Å². The molecule has 0 amide bonds. The van der Waals surface area contributed by atoms with E-state index in [-0.39, 0.29) is 11.9 Å². The van der Waals surface area contributed by atoms with Crippen molar-refractivity contribution < 1.29 is 10.0 Å². The Morgan fingerprint density at radius 2 is 2.00 bits per heavy atom. The zero-order chi connectivity index (χ0) is 12.7. The standard InChI is InChI=1S/C12H15N3O3/c16-11-5-8-1-2-9(6-11)14(8)10-3-4-12(13-7-10)15(17)18/h3-4,7-9,11,16H,1-2,5-6H2/t8-,9+,11?. The van der Waals surface area contributed by atoms with E-state index in [0.29, 0.717) is 12.1 Å². The van der Waals surface area contributed by atoms with Crippen LogP contribution in [-0.4, -0.2) is 33.2 Å². The molecule has 0 spiro atoms. The first kappa shape index (κ1) is 11.4. The molecule has 2 fully saturated rings. The summed E-state index contributed by atoms with van der Waals surface area (Å²) >= 11 is 0. The van der Waals surface area contributed by atoms with Crippen molar-refractivity contribution in [3.05, 3.63) is 28.4 Å². The lowest BCUT2D eigenvalue weighted by Crippen LogP contribution is -2.44. The van der Waals surface area contributed by atoms with Gasteiger partial charge in [0.1, 0.15) is 0 Å². The Kier molecular flexibility index (Phi) is 2.66. The largest absolute Gasteiger partial charge is 0.393 e. The van der Waals surface area contributed by atoms with Gasteiger partial charge < -0.3 is 20.1 Å². The number of hydrogen-bond donors (Lipinski definition) is 1. The summed E-state index contributed by atoms with van der Waals surface area (Å²) < 4.78 is 0. The van der Waals surface area contributed by atoms with Crippen LogP contribution in [0.15, 0.2) is 18.3 Å². The number of anilines is 1. The highest BCUT2D eigenvalue weighted by Gasteiger charge is 2.40. The van der Waals surface area contributed by atoms with Crippen molar-refractivity contribution >= 4 is 11.5 Å². The van der Waals surface area contributed by atoms with E-state index in [1.165, 1.54) is 6.07 Å². The van der Waals surface area contributed by atoms with Gasteiger partial charge in [0.25, 0.3) is 0 Å². The molecular formula is C12H15N3O3. The van der Waals surface area contributed by atoms with Gasteiger partial charge in [-0.3, -0.25) is 0 Å². The van der Waals surface area contributed by atoms with Crippen molar-refractivity contribution in [2.24, 2.45) is 0 Å². The summed E-state index contributed by atoms with van der Waals surface area (Å²) in [7, 11) is 0. The van der Waals surface area contributed by atoms with E-state index in [1.807, 2.05) is 0 Å². The Balaban J connectivity index is 1.85. The van der Waals surface area contributed by atoms with E-state index in [9.17, 15) is 15.2 Å². The van der Waals surface area contributed by atoms with Crippen LogP contribution in [0.2, 0.25) is 0 Å². The highest BCUT2D eigenvalue weighted by Crippen LogP contribution is 2.39. The lowest BCUT2D eigenvalue weighted by molar-refractivity contribution is -0.389. The number of piperidine rings is 1. The number of aliphatic hydroxyl groups is 1. The third kappa shape index (κ3) is 1.82. The summed E-state index contributed by atoms with van der Waals surface area (Å²) in [5, 5.41) is 20.3. The van der Waals surface area contributed by atoms with Gasteiger partial charge in [-0.2, -0.15) is 0 Å². The zero-order valence-electron chi connectivity index (χ0n) is 9.90. The van der Waals surface area contributed by atoms with Crippen molar-refractivity contribution in [1.82, 2.24) is 4.98 Å². The van der Waals surface area contributed by atoms with Crippen LogP contribution in [0.1, 0.15) is 25.7 Å². The van der Waals surface area contributed by atoms with E-state index in [2.05, 4.69) is 9.88 Å². The van der Waals surface area contributed by atoms with Crippen LogP contribution in [0.4, 0.5) is 11.5 Å². The smallest absolute Gasteiger partial charge is 0.363 e. The Morgan fingerprint density at radius 3 is 2.50 bits per heavy atom. The van der Waals surface area contributed by atoms with Gasteiger partial charge in [0.05, 0.1) is 11.8 Å². The molecule has 0 aliphatic carbocycles. The van der Waals surface area contributed by atoms with Crippen molar-refractivity contribution in [2.75, 3.05) is 4.90 Å². The van der Waals surface area contributed by atoms with Gasteiger partial charge in [-0.05, 0) is 41.7 Å². The molecule has 2 aliphatic rings. The van der Waals surface area contributed by atoms with Crippen LogP contribution in [0.3, 0.4) is 0 Å². The predicted molar refractivity (Wildman–Crippen MR) is 65.4 cm³/mol. The van der Waals surface area contributed by atoms with E-state index in [0.717, 1.165) is 31.4 Å². The fraction of sp³-hybridized carbons (Fsp3) is 0.583. The predicted octanol–water partition coefficient (Wildman–Crippen LogP) is 1.48. The van der Waals surface area contributed by atoms with Gasteiger partial charge in [0, 0.05) is 18.2 Å². The number of pyridine rings is 1. The molecule has 6 nitrogen and oxygen atoms in total. The highest BCUT2D eigenvalue weighted by molar-refractivity contribution is 5.50. The van der Waals surface area contributed by atoms with E-state index in [1.54, 1.807) is 12.3 Å². The summed E-state index contributed by atoms with van der Waals surface area (Å²) in [6.07, 6.45) is 5.10. The average molecular weight is 249 g/mol. The van der Waals surface area contributed by atoms with Crippen LogP contribution in [0, 0.1) is 10.1 Å². The molecule has 3 heterocycles. The average Bonchev–Trinajstić information content (AvgIpc) is 2.62. The molecule has 96 valence electrons. The molecule has 2 saturated heterocycles. The maximum absolute atomic E-state index is 10.6. The molecule has 18 heavy (non-hydrogen) atoms. The van der Waals surface area contributed by atoms with Crippen molar-refractivity contribution in [3.63, 3.8) is 0 Å². The molecular weight excluding hydrogens is 234 g/mol. The molecule has 6 heteroatoms. The van der Waals surface area contributed by atoms with Crippen molar-refractivity contribution in [3.8, 4) is 0 Å². The van der Waals surface area contributed by atoms with Gasteiger partial charge >= 0.3 is 5.82 Å². The molecule has 1 unspecified atom stereocenters. The lowest BCUT2D eigenvalue weighted by atomic mass is 9.99. The first-order chi connectivity index (χ1) is 8.65. The first-order valence-corrected chi connectivity index (χ1v) is 6.22. The Bertz CT molecular complexity index is 448. The summed E-state index contributed by atoms with van der Waals surface area (Å²) in [6, 6.07) is 3.90. The molecule has 1 aromatic heterocycles. The summed E-state index contributed by atoms with van der Waals surface area (Å²) in [4.78, 5) is 16.2. The Hall–Kier alpha value is -1.69. The number of nitrogens with zero attached hydrogens (tertiary/aromatic N) is 3. The molecule has 1 aromatic rings. The van der Waals surface area contributed by atoms with E-state index < -0.39 is 4.92 Å². The third-order valence-corrected chi connectivity index (χ3v) is 3.93. The summed E-state index contributed by atoms with van der Waals surface area (Å²) in [5.74, 6) is -0.122. The van der Waals surface area contributed by atoms with Crippen LogP contribution >= 0.6 is 0 Å². The monoisotopic (exact) mass is 249 g/mol. The van der Waals surface area contributed by atoms with Gasteiger partial charge in [-0.25, -0.2) is 0 Å². The minimum atomic E-state index is -0.488. The molecule has 0 radical (unpaired) electrons. The minimum Gasteiger partial charge on any atom is -0.393 e. The fourth-order valence-corrected chi connectivity index (χ4v) is 3.21. The number of aromatic nitrogens is 1. The molecule has 2 aliphatic heterocycles. The van der Waals surface area contributed by atoms with Gasteiger partial charge in [-0.15, -0.1) is 0 Å². The van der Waals surface area contributed by atoms with Crippen LogP contribution in [0.5, 0.6) is 0 Å². The maximum Gasteiger partial charge on any atom is 0.363 e. The SMILES string of the molecule is O=[N+]([O-])c1ccc(N2[C@@H]3CC[C@H]2CC(O)C3)cn1. The highest BCUT2D eigenvalue weighted by atomic mass is 16.6. The number of fused-ring (bicyclic) bond motifs is 2. The van der Waals surface area contributed by atoms with Gasteiger partial charge in [0.2, 0.25) is 0 Å². The molecule has 2 bridgehead atoms. The Morgan fingerprint density at radius 1 is 1.33 bits per heavy atom. The third-order valence-electron chi connectivity index (χ3n) is 3.93. The second-order valence-electron chi connectivity index (χ2n) is 5.05. The fourth-order valence-electron chi connectivity index (χ4n) is 3.21. The zero-order valence-corrected chi connectivity index (χ0v) is 9.90. The first-order valence-electron chi connectivity index (χ1n) is 6.22. The molecule has 0 saturated carbocycles. The topological polar surface area (TPSA) is 79.5 Å². The molecule has 3 rings (SSSR count). The second-order valence-corrected chi connectivity index (χ2v) is 5.05. The van der Waals surface area contributed by atoms with E-state index in [4.69, 9.17) is 0 Å². The molecule has 0 aromatic carbocycles. The second kappa shape index (κ2) is 4.20. The van der Waals surface area contributed by atoms with Crippen molar-refractivity contribution in [1.29, 1.82) is 0 Å². The number of nitro groups is 1. The summed E-state index contributed by atoms with van der Waals surface area (Å²) in [5.41, 5.74) is 0.931. The maximum atomic E-state index is 10.6. The quantitative estimate of drug-likeness (QED) is 0.634. The van der Waals surface area contributed by atoms with Crippen LogP contribution in [0.25, 0.3) is 0 Å². The number of aliphatic hydroxyl groups excluding tert-OH is 1. The molecule has 1 N–H and O–H groups in total. The lowest BCUT2D eigenvalue weighted by Gasteiger charge is -2.38. The van der Waals surface area contributed by atoms with Crippen LogP contribution in [-0.2, 0) is 0 Å². The van der Waals surface area contributed by atoms with Gasteiger partial charge in [0.15, 0.2) is 6.20 Å². The molecule has 3 atom stereocenters. The Labute approximate surface area is 104 Å².